The number of nitrogens with one attached hydrogen (secondary N) is 1. The van der Waals surface area contributed by atoms with Gasteiger partial charge in [-0.15, -0.1) is 0 Å². The molecule has 0 aromatic heterocycles. The number of hydrogen-bond acceptors (Lipinski definition) is 4. The summed E-state index contributed by atoms with van der Waals surface area (Å²) in [6, 6.07) is 21.6. The maximum Gasteiger partial charge on any atom is 0.208 e. The van der Waals surface area contributed by atoms with E-state index in [1.165, 1.54) is 17.4 Å². The first-order chi connectivity index (χ1) is 15.9. The molecule has 180 valence electrons. The van der Waals surface area contributed by atoms with Gasteiger partial charge in [-0.25, -0.2) is 13.1 Å². The van der Waals surface area contributed by atoms with Gasteiger partial charge in [0.05, 0.1) is 19.0 Å². The molecule has 0 amide bonds. The van der Waals surface area contributed by atoms with Gasteiger partial charge < -0.3 is 4.74 Å². The molecule has 0 spiro atoms. The summed E-state index contributed by atoms with van der Waals surface area (Å²) in [5.74, 6) is 0.772. The number of likely N-dealkylation sites (tertiary alicyclic amines) is 1. The van der Waals surface area contributed by atoms with Gasteiger partial charge >= 0.3 is 0 Å². The number of sulfonamides is 1. The topological polar surface area (TPSA) is 58.6 Å². The number of hydrogen-bond donors (Lipinski definition) is 1. The molecule has 1 heterocycles. The number of ether oxygens (including phenoxy) is 1. The summed E-state index contributed by atoms with van der Waals surface area (Å²) in [7, 11) is -3.25. The highest BCUT2D eigenvalue weighted by Crippen LogP contribution is 2.34. The van der Waals surface area contributed by atoms with Gasteiger partial charge in [0.1, 0.15) is 0 Å². The minimum Gasteiger partial charge on any atom is -0.378 e. The summed E-state index contributed by atoms with van der Waals surface area (Å²) in [5, 5.41) is 0. The van der Waals surface area contributed by atoms with Crippen molar-refractivity contribution >= 4 is 10.0 Å². The second-order valence-electron chi connectivity index (χ2n) is 9.84. The minimum atomic E-state index is -3.25. The third-order valence-electron chi connectivity index (χ3n) is 7.45. The molecule has 0 radical (unpaired) electrons. The number of rotatable bonds is 8. The minimum absolute atomic E-state index is 0.0696. The van der Waals surface area contributed by atoms with E-state index in [2.05, 4.69) is 71.1 Å². The van der Waals surface area contributed by atoms with Gasteiger partial charge in [-0.05, 0) is 56.1 Å². The zero-order chi connectivity index (χ0) is 23.3. The second kappa shape index (κ2) is 11.1. The first-order valence-corrected chi connectivity index (χ1v) is 14.2. The van der Waals surface area contributed by atoms with E-state index in [0.717, 1.165) is 45.2 Å². The van der Waals surface area contributed by atoms with Crippen molar-refractivity contribution in [2.24, 2.45) is 5.92 Å². The average Bonchev–Trinajstić information content (AvgIpc) is 2.83. The molecule has 1 N–H and O–H groups in total. The molecule has 1 saturated carbocycles. The molecular weight excluding hydrogens is 432 g/mol. The van der Waals surface area contributed by atoms with Crippen molar-refractivity contribution in [3.8, 4) is 0 Å². The molecule has 2 fully saturated rings. The molecule has 4 rings (SSSR count). The molecule has 1 saturated heterocycles. The van der Waals surface area contributed by atoms with Crippen LogP contribution in [-0.4, -0.2) is 51.4 Å². The lowest BCUT2D eigenvalue weighted by atomic mass is 9.82. The van der Waals surface area contributed by atoms with Gasteiger partial charge in [0.2, 0.25) is 10.0 Å². The molecule has 2 aliphatic rings. The molecule has 1 aliphatic heterocycles. The number of piperidine rings is 1. The molecule has 2 aromatic rings. The van der Waals surface area contributed by atoms with E-state index in [4.69, 9.17) is 4.74 Å². The molecule has 2 aromatic carbocycles. The number of benzene rings is 2. The molecule has 5 nitrogen and oxygen atoms in total. The fraction of sp³-hybridized carbons (Fsp3) is 0.556. The predicted octanol–water partition coefficient (Wildman–Crippen LogP) is 4.73. The van der Waals surface area contributed by atoms with Gasteiger partial charge in [0, 0.05) is 31.1 Å². The Bertz CT molecular complexity index is 959. The molecule has 2 unspecified atom stereocenters. The highest BCUT2D eigenvalue weighted by atomic mass is 32.2. The average molecular weight is 471 g/mol. The van der Waals surface area contributed by atoms with Crippen LogP contribution in [0.5, 0.6) is 0 Å². The molecule has 6 heteroatoms. The van der Waals surface area contributed by atoms with Crippen LogP contribution in [0.4, 0.5) is 0 Å². The zero-order valence-corrected chi connectivity index (χ0v) is 20.7. The molecular formula is C27H38N2O3S. The lowest BCUT2D eigenvalue weighted by molar-refractivity contribution is -0.0215. The van der Waals surface area contributed by atoms with Crippen molar-refractivity contribution < 1.29 is 13.2 Å². The van der Waals surface area contributed by atoms with Crippen molar-refractivity contribution in [3.05, 3.63) is 71.8 Å². The van der Waals surface area contributed by atoms with Crippen LogP contribution in [0, 0.1) is 5.92 Å². The number of nitrogens with zero attached hydrogens (tertiary/aromatic N) is 1. The van der Waals surface area contributed by atoms with Gasteiger partial charge in [-0.3, -0.25) is 4.90 Å². The van der Waals surface area contributed by atoms with E-state index in [-0.39, 0.29) is 18.1 Å². The van der Waals surface area contributed by atoms with Crippen LogP contribution in [0.2, 0.25) is 0 Å². The quantitative estimate of drug-likeness (QED) is 0.606. The molecule has 1 aliphatic carbocycles. The van der Waals surface area contributed by atoms with Gasteiger partial charge in [0.25, 0.3) is 0 Å². The summed E-state index contributed by atoms with van der Waals surface area (Å²) in [5.41, 5.74) is 2.73. The first-order valence-electron chi connectivity index (χ1n) is 12.3. The Hall–Kier alpha value is -1.73. The zero-order valence-electron chi connectivity index (χ0n) is 19.9. The lowest BCUT2D eigenvalue weighted by Crippen LogP contribution is -2.52. The predicted molar refractivity (Wildman–Crippen MR) is 134 cm³/mol. The highest BCUT2D eigenvalue weighted by molar-refractivity contribution is 7.88. The fourth-order valence-electron chi connectivity index (χ4n) is 5.50. The Balaban J connectivity index is 1.35. The monoisotopic (exact) mass is 470 g/mol. The largest absolute Gasteiger partial charge is 0.378 e. The maximum absolute atomic E-state index is 12.0. The molecule has 3 atom stereocenters. The normalized spacial score (nSPS) is 27.8. The highest BCUT2D eigenvalue weighted by Gasteiger charge is 2.34. The molecule has 33 heavy (non-hydrogen) atoms. The van der Waals surface area contributed by atoms with Crippen LogP contribution in [0.25, 0.3) is 0 Å². The SMILES string of the molecule is C[C@H](c1ccccc1)N1CCC(NS(C)(=O)=O)C(COC2CCC(c3ccccc3)CC2)C1. The lowest BCUT2D eigenvalue weighted by Gasteiger charge is -2.42. The Morgan fingerprint density at radius 3 is 2.24 bits per heavy atom. The van der Waals surface area contributed by atoms with Crippen LogP contribution in [0.3, 0.4) is 0 Å². The maximum atomic E-state index is 12.0. The summed E-state index contributed by atoms with van der Waals surface area (Å²) < 4.78 is 33.3. The van der Waals surface area contributed by atoms with Crippen LogP contribution in [-0.2, 0) is 14.8 Å². The van der Waals surface area contributed by atoms with Crippen molar-refractivity contribution in [1.82, 2.24) is 9.62 Å². The van der Waals surface area contributed by atoms with Crippen molar-refractivity contribution in [3.63, 3.8) is 0 Å². The summed E-state index contributed by atoms with van der Waals surface area (Å²) in [6.45, 7) is 4.55. The van der Waals surface area contributed by atoms with Crippen LogP contribution < -0.4 is 4.72 Å². The standard InChI is InChI=1S/C27H38N2O3S/c1-21(22-9-5-3-6-10-22)29-18-17-27(28-33(2,30)31)25(19-29)20-32-26-15-13-24(14-16-26)23-11-7-4-8-12-23/h3-12,21,24-28H,13-20H2,1-2H3/t21-,24?,25?,26?,27?/m1/s1. The van der Waals surface area contributed by atoms with E-state index in [9.17, 15) is 8.42 Å². The van der Waals surface area contributed by atoms with E-state index in [0.29, 0.717) is 18.6 Å². The van der Waals surface area contributed by atoms with Gasteiger partial charge in [-0.2, -0.15) is 0 Å². The van der Waals surface area contributed by atoms with E-state index in [1.54, 1.807) is 0 Å². The smallest absolute Gasteiger partial charge is 0.208 e. The third-order valence-corrected chi connectivity index (χ3v) is 8.18. The van der Waals surface area contributed by atoms with E-state index in [1.807, 2.05) is 6.07 Å². The van der Waals surface area contributed by atoms with Gasteiger partial charge in [0.15, 0.2) is 0 Å². The second-order valence-corrected chi connectivity index (χ2v) is 11.6. The Labute approximate surface area is 199 Å². The van der Waals surface area contributed by atoms with Crippen molar-refractivity contribution in [2.45, 2.75) is 63.1 Å². The summed E-state index contributed by atoms with van der Waals surface area (Å²) in [6.07, 6.45) is 6.78. The van der Waals surface area contributed by atoms with E-state index < -0.39 is 10.0 Å². The fourth-order valence-corrected chi connectivity index (χ4v) is 6.36. The van der Waals surface area contributed by atoms with Gasteiger partial charge in [-0.1, -0.05) is 60.7 Å². The first kappa shape index (κ1) is 24.4. The Morgan fingerprint density at radius 1 is 0.970 bits per heavy atom. The van der Waals surface area contributed by atoms with Crippen molar-refractivity contribution in [1.29, 1.82) is 0 Å². The summed E-state index contributed by atoms with van der Waals surface area (Å²) >= 11 is 0. The van der Waals surface area contributed by atoms with E-state index >= 15 is 0 Å². The van der Waals surface area contributed by atoms with Crippen LogP contribution >= 0.6 is 0 Å². The Morgan fingerprint density at radius 2 is 1.61 bits per heavy atom. The molecule has 0 bridgehead atoms. The third kappa shape index (κ3) is 6.89. The Kier molecular flexibility index (Phi) is 8.23. The van der Waals surface area contributed by atoms with Crippen LogP contribution in [0.1, 0.15) is 62.1 Å². The summed E-state index contributed by atoms with van der Waals surface area (Å²) in [4.78, 5) is 2.47. The van der Waals surface area contributed by atoms with Crippen molar-refractivity contribution in [2.75, 3.05) is 26.0 Å². The van der Waals surface area contributed by atoms with Crippen LogP contribution in [0.15, 0.2) is 60.7 Å².